The first-order valence-electron chi connectivity index (χ1n) is 9.58. The van der Waals surface area contributed by atoms with E-state index in [4.69, 9.17) is 9.47 Å². The molecule has 7 heteroatoms. The number of hydrogen-bond donors (Lipinski definition) is 3. The molecule has 25 heavy (non-hydrogen) atoms. The zero-order valence-electron chi connectivity index (χ0n) is 16.1. The van der Waals surface area contributed by atoms with Crippen LogP contribution in [0.15, 0.2) is 4.99 Å². The largest absolute Gasteiger partial charge is 0.381 e. The van der Waals surface area contributed by atoms with Gasteiger partial charge in [0, 0.05) is 58.5 Å². The van der Waals surface area contributed by atoms with Crippen LogP contribution in [0.3, 0.4) is 0 Å². The zero-order chi connectivity index (χ0) is 18.3. The van der Waals surface area contributed by atoms with Crippen LogP contribution in [0.5, 0.6) is 0 Å². The highest BCUT2D eigenvalue weighted by atomic mass is 16.5. The number of ether oxygens (including phenoxy) is 2. The van der Waals surface area contributed by atoms with Crippen molar-refractivity contribution in [2.24, 2.45) is 10.9 Å². The number of guanidine groups is 1. The van der Waals surface area contributed by atoms with Crippen LogP contribution in [0.2, 0.25) is 0 Å². The molecular formula is C18H36N4O3. The van der Waals surface area contributed by atoms with Crippen molar-refractivity contribution in [1.29, 1.82) is 0 Å². The molecule has 1 aliphatic heterocycles. The molecule has 1 saturated heterocycles. The molecule has 0 unspecified atom stereocenters. The van der Waals surface area contributed by atoms with Crippen molar-refractivity contribution < 1.29 is 14.3 Å². The van der Waals surface area contributed by atoms with Gasteiger partial charge in [0.15, 0.2) is 5.96 Å². The lowest BCUT2D eigenvalue weighted by atomic mass is 10.0. The Kier molecular flexibility index (Phi) is 12.1. The van der Waals surface area contributed by atoms with Gasteiger partial charge in [0.25, 0.3) is 0 Å². The van der Waals surface area contributed by atoms with Crippen molar-refractivity contribution in [2.45, 2.75) is 52.5 Å². The number of carbonyl (C=O) groups excluding carboxylic acids is 1. The van der Waals surface area contributed by atoms with E-state index in [1.165, 1.54) is 0 Å². The highest BCUT2D eigenvalue weighted by molar-refractivity contribution is 5.81. The quantitative estimate of drug-likeness (QED) is 0.295. The van der Waals surface area contributed by atoms with Crippen LogP contribution in [0, 0.1) is 5.92 Å². The van der Waals surface area contributed by atoms with Gasteiger partial charge in [-0.15, -0.1) is 0 Å². The molecular weight excluding hydrogens is 320 g/mol. The van der Waals surface area contributed by atoms with E-state index in [1.54, 1.807) is 0 Å². The van der Waals surface area contributed by atoms with Crippen molar-refractivity contribution in [3.8, 4) is 0 Å². The Labute approximate surface area is 152 Å². The van der Waals surface area contributed by atoms with E-state index >= 15 is 0 Å². The number of nitrogens with one attached hydrogen (secondary N) is 3. The molecule has 0 radical (unpaired) electrons. The average Bonchev–Trinajstić information content (AvgIpc) is 2.58. The molecule has 1 amide bonds. The fourth-order valence-corrected chi connectivity index (χ4v) is 2.55. The molecule has 0 spiro atoms. The Hall–Kier alpha value is -1.34. The zero-order valence-corrected chi connectivity index (χ0v) is 16.1. The predicted octanol–water partition coefficient (Wildman–Crippen LogP) is 1.29. The first-order chi connectivity index (χ1) is 12.1. The predicted molar refractivity (Wildman–Crippen MR) is 101 cm³/mol. The molecule has 0 aromatic heterocycles. The first kappa shape index (κ1) is 21.7. The van der Waals surface area contributed by atoms with Crippen LogP contribution in [0.4, 0.5) is 0 Å². The van der Waals surface area contributed by atoms with Gasteiger partial charge in [-0.05, 0) is 46.0 Å². The summed E-state index contributed by atoms with van der Waals surface area (Å²) in [7, 11) is 0. The standard InChI is InChI=1S/C18H36N4O3/c1-4-19-18(21-10-6-17(23)22-15(2)3)20-9-5-11-25-14-16-7-12-24-13-8-16/h15-16H,4-14H2,1-3H3,(H,22,23)(H2,19,20,21). The first-order valence-corrected chi connectivity index (χ1v) is 9.58. The second-order valence-electron chi connectivity index (χ2n) is 6.64. The maximum atomic E-state index is 11.6. The molecule has 1 fully saturated rings. The SMILES string of the molecule is CCNC(=NCCCOCC1CCOCC1)NCCC(=O)NC(C)C. The summed E-state index contributed by atoms with van der Waals surface area (Å²) in [5, 5.41) is 9.26. The van der Waals surface area contributed by atoms with E-state index in [2.05, 4.69) is 20.9 Å². The summed E-state index contributed by atoms with van der Waals surface area (Å²) in [6.45, 7) is 11.3. The Morgan fingerprint density at radius 1 is 1.28 bits per heavy atom. The third-order valence-electron chi connectivity index (χ3n) is 3.85. The van der Waals surface area contributed by atoms with Crippen molar-refractivity contribution in [3.05, 3.63) is 0 Å². The van der Waals surface area contributed by atoms with E-state index in [1.807, 2.05) is 20.8 Å². The smallest absolute Gasteiger partial charge is 0.221 e. The molecule has 1 rings (SSSR count). The van der Waals surface area contributed by atoms with Gasteiger partial charge in [0.05, 0.1) is 0 Å². The molecule has 0 bridgehead atoms. The highest BCUT2D eigenvalue weighted by Crippen LogP contribution is 2.14. The van der Waals surface area contributed by atoms with Crippen molar-refractivity contribution in [1.82, 2.24) is 16.0 Å². The normalized spacial score (nSPS) is 16.1. The van der Waals surface area contributed by atoms with Gasteiger partial charge < -0.3 is 25.4 Å². The number of rotatable bonds is 11. The molecule has 1 heterocycles. The minimum Gasteiger partial charge on any atom is -0.381 e. The molecule has 146 valence electrons. The second kappa shape index (κ2) is 13.9. The fraction of sp³-hybridized carbons (Fsp3) is 0.889. The number of hydrogen-bond acceptors (Lipinski definition) is 4. The van der Waals surface area contributed by atoms with Crippen LogP contribution in [0.25, 0.3) is 0 Å². The number of aliphatic imine (C=N–C) groups is 1. The van der Waals surface area contributed by atoms with E-state index in [0.717, 1.165) is 58.2 Å². The summed E-state index contributed by atoms with van der Waals surface area (Å²) >= 11 is 0. The van der Waals surface area contributed by atoms with Crippen molar-refractivity contribution in [3.63, 3.8) is 0 Å². The lowest BCUT2D eigenvalue weighted by Gasteiger charge is -2.21. The van der Waals surface area contributed by atoms with E-state index in [0.29, 0.717) is 25.4 Å². The second-order valence-corrected chi connectivity index (χ2v) is 6.64. The summed E-state index contributed by atoms with van der Waals surface area (Å²) in [4.78, 5) is 16.1. The molecule has 0 aromatic rings. The van der Waals surface area contributed by atoms with Gasteiger partial charge in [-0.3, -0.25) is 9.79 Å². The molecule has 7 nitrogen and oxygen atoms in total. The van der Waals surface area contributed by atoms with Gasteiger partial charge in [-0.2, -0.15) is 0 Å². The molecule has 0 aromatic carbocycles. The summed E-state index contributed by atoms with van der Waals surface area (Å²) in [5.41, 5.74) is 0. The van der Waals surface area contributed by atoms with Crippen LogP contribution in [0.1, 0.15) is 46.5 Å². The van der Waals surface area contributed by atoms with Crippen LogP contribution in [-0.2, 0) is 14.3 Å². The Morgan fingerprint density at radius 3 is 2.72 bits per heavy atom. The van der Waals surface area contributed by atoms with Gasteiger partial charge in [0.1, 0.15) is 0 Å². The summed E-state index contributed by atoms with van der Waals surface area (Å²) in [5.74, 6) is 1.46. The minimum atomic E-state index is 0.0554. The Bertz CT molecular complexity index is 383. The lowest BCUT2D eigenvalue weighted by Crippen LogP contribution is -2.40. The minimum absolute atomic E-state index is 0.0554. The molecule has 3 N–H and O–H groups in total. The van der Waals surface area contributed by atoms with E-state index in [-0.39, 0.29) is 11.9 Å². The molecule has 0 aliphatic carbocycles. The van der Waals surface area contributed by atoms with Gasteiger partial charge in [-0.1, -0.05) is 0 Å². The van der Waals surface area contributed by atoms with Gasteiger partial charge in [-0.25, -0.2) is 0 Å². The molecule has 0 atom stereocenters. The van der Waals surface area contributed by atoms with Gasteiger partial charge in [0.2, 0.25) is 5.91 Å². The molecule has 0 saturated carbocycles. The van der Waals surface area contributed by atoms with Crippen molar-refractivity contribution >= 4 is 11.9 Å². The van der Waals surface area contributed by atoms with E-state index < -0.39 is 0 Å². The topological polar surface area (TPSA) is 84.0 Å². The highest BCUT2D eigenvalue weighted by Gasteiger charge is 2.13. The number of amides is 1. The van der Waals surface area contributed by atoms with Crippen LogP contribution >= 0.6 is 0 Å². The third kappa shape index (κ3) is 11.8. The van der Waals surface area contributed by atoms with Crippen molar-refractivity contribution in [2.75, 3.05) is 46.1 Å². The maximum Gasteiger partial charge on any atom is 0.221 e. The maximum absolute atomic E-state index is 11.6. The Morgan fingerprint density at radius 2 is 2.04 bits per heavy atom. The molecule has 1 aliphatic rings. The third-order valence-corrected chi connectivity index (χ3v) is 3.85. The monoisotopic (exact) mass is 356 g/mol. The summed E-state index contributed by atoms with van der Waals surface area (Å²) < 4.78 is 11.1. The number of carbonyl (C=O) groups is 1. The van der Waals surface area contributed by atoms with E-state index in [9.17, 15) is 4.79 Å². The Balaban J connectivity index is 2.11. The summed E-state index contributed by atoms with van der Waals surface area (Å²) in [6.07, 6.45) is 3.55. The van der Waals surface area contributed by atoms with Crippen LogP contribution in [-0.4, -0.2) is 64.0 Å². The van der Waals surface area contributed by atoms with Gasteiger partial charge >= 0.3 is 0 Å². The average molecular weight is 357 g/mol. The summed E-state index contributed by atoms with van der Waals surface area (Å²) in [6, 6.07) is 0.176. The lowest BCUT2D eigenvalue weighted by molar-refractivity contribution is -0.121. The van der Waals surface area contributed by atoms with Crippen LogP contribution < -0.4 is 16.0 Å². The fourth-order valence-electron chi connectivity index (χ4n) is 2.55. The number of nitrogens with zero attached hydrogens (tertiary/aromatic N) is 1.